The molecule has 2 aliphatic heterocycles. The van der Waals surface area contributed by atoms with E-state index in [2.05, 4.69) is 11.9 Å². The fourth-order valence-electron chi connectivity index (χ4n) is 2.75. The van der Waals surface area contributed by atoms with Gasteiger partial charge >= 0.3 is 5.97 Å². The Bertz CT molecular complexity index is 217. The largest absolute Gasteiger partial charge is 0.461 e. The highest BCUT2D eigenvalue weighted by atomic mass is 16.5. The van der Waals surface area contributed by atoms with Gasteiger partial charge in [0.25, 0.3) is 0 Å². The first-order valence-corrected chi connectivity index (χ1v) is 5.04. The molecule has 3 aliphatic rings. The third-order valence-corrected chi connectivity index (χ3v) is 3.30. The van der Waals surface area contributed by atoms with Crippen molar-refractivity contribution in [3.05, 3.63) is 0 Å². The average Bonchev–Trinajstić information content (AvgIpc) is 2.02. The minimum Gasteiger partial charge on any atom is -0.461 e. The van der Waals surface area contributed by atoms with Gasteiger partial charge in [-0.1, -0.05) is 0 Å². The van der Waals surface area contributed by atoms with Crippen LogP contribution in [0, 0.1) is 5.92 Å². The average molecular weight is 183 g/mol. The molecule has 2 saturated heterocycles. The van der Waals surface area contributed by atoms with Gasteiger partial charge in [-0.15, -0.1) is 0 Å². The number of hydrogen-bond acceptors (Lipinski definition) is 3. The predicted molar refractivity (Wildman–Crippen MR) is 49.3 cm³/mol. The third kappa shape index (κ3) is 1.70. The van der Waals surface area contributed by atoms with Crippen molar-refractivity contribution in [2.75, 3.05) is 13.6 Å². The summed E-state index contributed by atoms with van der Waals surface area (Å²) >= 11 is 0. The fourth-order valence-corrected chi connectivity index (χ4v) is 2.75. The highest BCUT2D eigenvalue weighted by Gasteiger charge is 2.40. The van der Waals surface area contributed by atoms with E-state index < -0.39 is 0 Å². The number of fused-ring (bicyclic) bond motifs is 3. The summed E-state index contributed by atoms with van der Waals surface area (Å²) in [7, 11) is 2.13. The van der Waals surface area contributed by atoms with E-state index in [4.69, 9.17) is 4.74 Å². The van der Waals surface area contributed by atoms with E-state index in [1.165, 1.54) is 26.3 Å². The second-order valence-corrected chi connectivity index (χ2v) is 4.33. The Balaban J connectivity index is 2.01. The van der Waals surface area contributed by atoms with Crippen molar-refractivity contribution in [1.82, 2.24) is 4.90 Å². The lowest BCUT2D eigenvalue weighted by Crippen LogP contribution is -2.55. The van der Waals surface area contributed by atoms with E-state index >= 15 is 0 Å². The molecule has 3 heteroatoms. The molecule has 0 aromatic rings. The number of piperidine rings is 2. The molecule has 3 atom stereocenters. The van der Waals surface area contributed by atoms with E-state index in [1.54, 1.807) is 0 Å². The Morgan fingerprint density at radius 2 is 2.23 bits per heavy atom. The van der Waals surface area contributed by atoms with Gasteiger partial charge in [0.2, 0.25) is 0 Å². The van der Waals surface area contributed by atoms with Gasteiger partial charge in [0, 0.05) is 19.5 Å². The summed E-state index contributed by atoms with van der Waals surface area (Å²) in [4.78, 5) is 13.2. The van der Waals surface area contributed by atoms with Gasteiger partial charge < -0.3 is 4.74 Å². The van der Waals surface area contributed by atoms with Crippen molar-refractivity contribution in [2.24, 2.45) is 5.92 Å². The zero-order valence-corrected chi connectivity index (χ0v) is 8.32. The van der Waals surface area contributed by atoms with Gasteiger partial charge in [-0.25, -0.2) is 0 Å². The SMILES string of the molecule is CC(=O)OC1CC2CCC1N(C)C2. The summed E-state index contributed by atoms with van der Waals surface area (Å²) in [6, 6.07) is 0.480. The zero-order chi connectivity index (χ0) is 9.42. The number of carbonyl (C=O) groups is 1. The molecular weight excluding hydrogens is 166 g/mol. The first-order valence-electron chi connectivity index (χ1n) is 5.04. The molecule has 0 N–H and O–H groups in total. The van der Waals surface area contributed by atoms with E-state index in [0.29, 0.717) is 6.04 Å². The van der Waals surface area contributed by atoms with E-state index in [9.17, 15) is 4.79 Å². The Kier molecular flexibility index (Phi) is 2.28. The van der Waals surface area contributed by atoms with Crippen LogP contribution in [0.1, 0.15) is 26.2 Å². The van der Waals surface area contributed by atoms with Crippen molar-refractivity contribution >= 4 is 5.97 Å². The first-order chi connectivity index (χ1) is 6.16. The summed E-state index contributed by atoms with van der Waals surface area (Å²) in [6.07, 6.45) is 3.75. The first kappa shape index (κ1) is 9.00. The molecule has 3 rings (SSSR count). The molecule has 3 nitrogen and oxygen atoms in total. The van der Waals surface area contributed by atoms with Gasteiger partial charge in [0.05, 0.1) is 0 Å². The second-order valence-electron chi connectivity index (χ2n) is 4.33. The maximum absolute atomic E-state index is 10.9. The number of hydrogen-bond donors (Lipinski definition) is 0. The lowest BCUT2D eigenvalue weighted by Gasteiger charge is -2.47. The van der Waals surface area contributed by atoms with Crippen molar-refractivity contribution < 1.29 is 9.53 Å². The van der Waals surface area contributed by atoms with Crippen molar-refractivity contribution in [2.45, 2.75) is 38.3 Å². The lowest BCUT2D eigenvalue weighted by molar-refractivity contribution is -0.157. The summed E-state index contributed by atoms with van der Waals surface area (Å²) in [5.74, 6) is 0.616. The topological polar surface area (TPSA) is 29.5 Å². The van der Waals surface area contributed by atoms with Crippen LogP contribution >= 0.6 is 0 Å². The molecule has 1 saturated carbocycles. The van der Waals surface area contributed by atoms with E-state index in [-0.39, 0.29) is 12.1 Å². The van der Waals surface area contributed by atoms with Crippen molar-refractivity contribution in [3.63, 3.8) is 0 Å². The molecule has 2 heterocycles. The molecule has 3 fully saturated rings. The summed E-state index contributed by atoms with van der Waals surface area (Å²) in [6.45, 7) is 2.69. The molecule has 0 aromatic carbocycles. The highest BCUT2D eigenvalue weighted by molar-refractivity contribution is 5.66. The van der Waals surface area contributed by atoms with Crippen LogP contribution < -0.4 is 0 Å². The van der Waals surface area contributed by atoms with E-state index in [0.717, 1.165) is 12.3 Å². The van der Waals surface area contributed by atoms with Gasteiger partial charge in [0.1, 0.15) is 6.10 Å². The zero-order valence-electron chi connectivity index (χ0n) is 8.32. The Morgan fingerprint density at radius 3 is 2.77 bits per heavy atom. The van der Waals surface area contributed by atoms with Crippen LogP contribution in [-0.4, -0.2) is 36.6 Å². The summed E-state index contributed by atoms with van der Waals surface area (Å²) in [5, 5.41) is 0. The van der Waals surface area contributed by atoms with E-state index in [1.807, 2.05) is 0 Å². The molecule has 0 amide bonds. The lowest BCUT2D eigenvalue weighted by atomic mass is 9.78. The van der Waals surface area contributed by atoms with Gasteiger partial charge in [0.15, 0.2) is 0 Å². The van der Waals surface area contributed by atoms with Crippen LogP contribution in [-0.2, 0) is 9.53 Å². The summed E-state index contributed by atoms with van der Waals surface area (Å²) in [5.41, 5.74) is 0. The standard InChI is InChI=1S/C10H17NO2/c1-7(12)13-10-5-8-3-4-9(10)11(2)6-8/h8-10H,3-6H2,1-2H3. The molecule has 0 spiro atoms. The third-order valence-electron chi connectivity index (χ3n) is 3.30. The van der Waals surface area contributed by atoms with Crippen molar-refractivity contribution in [1.29, 1.82) is 0 Å². The van der Waals surface area contributed by atoms with Crippen LogP contribution in [0.3, 0.4) is 0 Å². The van der Waals surface area contributed by atoms with Crippen LogP contribution in [0.2, 0.25) is 0 Å². The molecule has 13 heavy (non-hydrogen) atoms. The Hall–Kier alpha value is -0.570. The quantitative estimate of drug-likeness (QED) is 0.569. The number of rotatable bonds is 1. The Labute approximate surface area is 79.0 Å². The molecule has 2 bridgehead atoms. The number of esters is 1. The smallest absolute Gasteiger partial charge is 0.302 e. The molecule has 74 valence electrons. The van der Waals surface area contributed by atoms with Crippen LogP contribution in [0.4, 0.5) is 0 Å². The molecule has 0 aromatic heterocycles. The predicted octanol–water partition coefficient (Wildman–Crippen LogP) is 1.03. The Morgan fingerprint density at radius 1 is 1.46 bits per heavy atom. The monoisotopic (exact) mass is 183 g/mol. The van der Waals surface area contributed by atoms with Gasteiger partial charge in [-0.3, -0.25) is 9.69 Å². The molecule has 0 radical (unpaired) electrons. The second kappa shape index (κ2) is 3.29. The van der Waals surface area contributed by atoms with Gasteiger partial charge in [-0.05, 0) is 32.2 Å². The van der Waals surface area contributed by atoms with Gasteiger partial charge in [-0.2, -0.15) is 0 Å². The fraction of sp³-hybridized carbons (Fsp3) is 0.900. The molecule has 3 unspecified atom stereocenters. The minimum absolute atomic E-state index is 0.133. The maximum Gasteiger partial charge on any atom is 0.302 e. The van der Waals surface area contributed by atoms with Crippen LogP contribution in [0.5, 0.6) is 0 Å². The van der Waals surface area contributed by atoms with Crippen LogP contribution in [0.25, 0.3) is 0 Å². The number of ether oxygens (including phenoxy) is 1. The molecule has 1 aliphatic carbocycles. The summed E-state index contributed by atoms with van der Waals surface area (Å²) < 4.78 is 5.31. The molecular formula is C10H17NO2. The normalized spacial score (nSPS) is 39.1. The number of carbonyl (C=O) groups excluding carboxylic acids is 1. The van der Waals surface area contributed by atoms with Crippen molar-refractivity contribution in [3.8, 4) is 0 Å². The minimum atomic E-state index is -0.133. The number of likely N-dealkylation sites (N-methyl/N-ethyl adjacent to an activating group) is 1. The number of nitrogens with zero attached hydrogens (tertiary/aromatic N) is 1. The maximum atomic E-state index is 10.9. The highest BCUT2D eigenvalue weighted by Crippen LogP contribution is 2.35. The van der Waals surface area contributed by atoms with Crippen LogP contribution in [0.15, 0.2) is 0 Å².